The highest BCUT2D eigenvalue weighted by atomic mass is 32.3. The lowest BCUT2D eigenvalue weighted by Crippen LogP contribution is -2.25. The third-order valence-electron chi connectivity index (χ3n) is 1.31. The van der Waals surface area contributed by atoms with E-state index in [1.54, 1.807) is 0 Å². The summed E-state index contributed by atoms with van der Waals surface area (Å²) in [6.07, 6.45) is 0. The Hall–Kier alpha value is -0.210. The number of nitrogens with zero attached hydrogens (tertiary/aromatic N) is 1. The topological polar surface area (TPSA) is 98.1 Å². The molecule has 0 amide bonds. The van der Waals surface area contributed by atoms with Gasteiger partial charge in [-0.05, 0) is 13.1 Å². The van der Waals surface area contributed by atoms with Crippen molar-refractivity contribution in [3.63, 3.8) is 0 Å². The van der Waals surface area contributed by atoms with Crippen molar-refractivity contribution in [3.05, 3.63) is 0 Å². The Morgan fingerprint density at radius 1 is 1.15 bits per heavy atom. The fourth-order valence-electron chi connectivity index (χ4n) is 0.681. The van der Waals surface area contributed by atoms with Gasteiger partial charge in [-0.2, -0.15) is 8.42 Å². The van der Waals surface area contributed by atoms with Gasteiger partial charge in [0.1, 0.15) is 0 Å². The molecule has 6 nitrogen and oxygen atoms in total. The predicted octanol–water partition coefficient (Wildman–Crippen LogP) is -0.332. The Bertz CT molecular complexity index is 179. The van der Waals surface area contributed by atoms with Crippen molar-refractivity contribution in [1.82, 2.24) is 4.90 Å². The summed E-state index contributed by atoms with van der Waals surface area (Å²) in [4.78, 5) is 2.18. The van der Waals surface area contributed by atoms with Gasteiger partial charge in [0.05, 0.1) is 6.61 Å². The van der Waals surface area contributed by atoms with Crippen LogP contribution in [0, 0.1) is 0 Å². The summed E-state index contributed by atoms with van der Waals surface area (Å²) in [6, 6.07) is 0. The summed E-state index contributed by atoms with van der Waals surface area (Å²) in [6.45, 7) is 7.36. The van der Waals surface area contributed by atoms with E-state index < -0.39 is 10.4 Å². The van der Waals surface area contributed by atoms with Crippen LogP contribution in [0.5, 0.6) is 0 Å². The minimum absolute atomic E-state index is 0.279. The third-order valence-corrected chi connectivity index (χ3v) is 1.31. The number of likely N-dealkylation sites (N-methyl/N-ethyl adjacent to an activating group) is 1. The summed E-state index contributed by atoms with van der Waals surface area (Å²) in [7, 11) is -4.67. The molecule has 0 atom stereocenters. The Kier molecular flexibility index (Phi) is 9.86. The number of hydrogen-bond donors (Lipinski definition) is 3. The van der Waals surface area contributed by atoms with E-state index in [4.69, 9.17) is 22.6 Å². The molecule has 82 valence electrons. The smallest absolute Gasteiger partial charge is 0.394 e. The molecule has 0 aliphatic heterocycles. The molecule has 0 radical (unpaired) electrons. The van der Waals surface area contributed by atoms with Gasteiger partial charge >= 0.3 is 10.4 Å². The molecule has 0 rings (SSSR count). The maximum absolute atomic E-state index is 8.74. The highest BCUT2D eigenvalue weighted by Crippen LogP contribution is 1.82. The first-order valence-electron chi connectivity index (χ1n) is 3.88. The molecule has 0 aromatic carbocycles. The average Bonchev–Trinajstić information content (AvgIpc) is 1.97. The predicted molar refractivity (Wildman–Crippen MR) is 49.1 cm³/mol. The van der Waals surface area contributed by atoms with Crippen LogP contribution in [-0.2, 0) is 10.4 Å². The summed E-state index contributed by atoms with van der Waals surface area (Å²) < 4.78 is 31.6. The van der Waals surface area contributed by atoms with E-state index in [0.717, 1.165) is 19.6 Å². The summed E-state index contributed by atoms with van der Waals surface area (Å²) in [5.41, 5.74) is 0. The molecule has 0 aromatic rings. The van der Waals surface area contributed by atoms with Gasteiger partial charge in [0.25, 0.3) is 0 Å². The third kappa shape index (κ3) is 24.5. The Morgan fingerprint density at radius 3 is 1.54 bits per heavy atom. The van der Waals surface area contributed by atoms with Gasteiger partial charge < -0.3 is 10.0 Å². The molecule has 0 fully saturated rings. The van der Waals surface area contributed by atoms with Crippen molar-refractivity contribution in [1.29, 1.82) is 0 Å². The second kappa shape index (κ2) is 8.39. The molecule has 7 heteroatoms. The average molecular weight is 215 g/mol. The van der Waals surface area contributed by atoms with E-state index in [2.05, 4.69) is 18.7 Å². The summed E-state index contributed by atoms with van der Waals surface area (Å²) >= 11 is 0. The number of aliphatic hydroxyl groups is 1. The van der Waals surface area contributed by atoms with Gasteiger partial charge in [-0.15, -0.1) is 0 Å². The first kappa shape index (κ1) is 15.3. The Labute approximate surface area is 78.8 Å². The second-order valence-electron chi connectivity index (χ2n) is 2.20. The van der Waals surface area contributed by atoms with Crippen molar-refractivity contribution in [2.45, 2.75) is 13.8 Å². The molecule has 0 heterocycles. The second-order valence-corrected chi connectivity index (χ2v) is 3.09. The Balaban J connectivity index is 0. The van der Waals surface area contributed by atoms with Crippen molar-refractivity contribution in [2.75, 3.05) is 26.2 Å². The molecule has 0 aliphatic rings. The van der Waals surface area contributed by atoms with Gasteiger partial charge in [-0.25, -0.2) is 0 Å². The van der Waals surface area contributed by atoms with Crippen LogP contribution in [0.2, 0.25) is 0 Å². The van der Waals surface area contributed by atoms with Gasteiger partial charge in [-0.1, -0.05) is 13.8 Å². The fourth-order valence-corrected chi connectivity index (χ4v) is 0.681. The zero-order chi connectivity index (χ0) is 10.9. The van der Waals surface area contributed by atoms with Crippen LogP contribution in [-0.4, -0.2) is 53.8 Å². The molecular formula is C6H17NO5S. The largest absolute Gasteiger partial charge is 0.395 e. The highest BCUT2D eigenvalue weighted by molar-refractivity contribution is 7.79. The van der Waals surface area contributed by atoms with Crippen LogP contribution in [0.25, 0.3) is 0 Å². The number of hydrogen-bond acceptors (Lipinski definition) is 4. The standard InChI is InChI=1S/C6H15NO.H2O4S/c1-3-7(4-2)5-6-8;1-5(2,3)4/h8H,3-6H2,1-2H3;(H2,1,2,3,4). The van der Waals surface area contributed by atoms with Crippen molar-refractivity contribution in [3.8, 4) is 0 Å². The van der Waals surface area contributed by atoms with Crippen LogP contribution in [0.4, 0.5) is 0 Å². The van der Waals surface area contributed by atoms with E-state index >= 15 is 0 Å². The molecule has 0 unspecified atom stereocenters. The first-order chi connectivity index (χ1) is 5.85. The van der Waals surface area contributed by atoms with Crippen LogP contribution >= 0.6 is 0 Å². The molecule has 0 saturated heterocycles. The van der Waals surface area contributed by atoms with E-state index in [0.29, 0.717) is 0 Å². The van der Waals surface area contributed by atoms with Gasteiger partial charge in [0.2, 0.25) is 0 Å². The van der Waals surface area contributed by atoms with Crippen LogP contribution in [0.1, 0.15) is 13.8 Å². The van der Waals surface area contributed by atoms with E-state index in [1.807, 2.05) is 0 Å². The number of rotatable bonds is 4. The maximum Gasteiger partial charge on any atom is 0.394 e. The molecule has 0 spiro atoms. The van der Waals surface area contributed by atoms with Crippen LogP contribution in [0.3, 0.4) is 0 Å². The molecule has 0 aromatic heterocycles. The number of aliphatic hydroxyl groups excluding tert-OH is 1. The zero-order valence-electron chi connectivity index (χ0n) is 7.84. The van der Waals surface area contributed by atoms with E-state index in [-0.39, 0.29) is 6.61 Å². The van der Waals surface area contributed by atoms with Gasteiger partial charge in [-0.3, -0.25) is 9.11 Å². The molecule has 0 aliphatic carbocycles. The molecule has 13 heavy (non-hydrogen) atoms. The SMILES string of the molecule is CCN(CC)CCO.O=S(=O)(O)O. The van der Waals surface area contributed by atoms with Crippen LogP contribution in [0.15, 0.2) is 0 Å². The molecule has 0 saturated carbocycles. The highest BCUT2D eigenvalue weighted by Gasteiger charge is 1.93. The Morgan fingerprint density at radius 2 is 1.46 bits per heavy atom. The fraction of sp³-hybridized carbons (Fsp3) is 1.00. The normalized spacial score (nSPS) is 10.9. The summed E-state index contributed by atoms with van der Waals surface area (Å²) in [5, 5.41) is 8.46. The minimum atomic E-state index is -4.67. The van der Waals surface area contributed by atoms with E-state index in [9.17, 15) is 0 Å². The lowest BCUT2D eigenvalue weighted by molar-refractivity contribution is 0.208. The molecule has 0 bridgehead atoms. The van der Waals surface area contributed by atoms with Crippen LogP contribution < -0.4 is 0 Å². The van der Waals surface area contributed by atoms with Gasteiger partial charge in [0.15, 0.2) is 0 Å². The quantitative estimate of drug-likeness (QED) is 0.555. The van der Waals surface area contributed by atoms with E-state index in [1.165, 1.54) is 0 Å². The monoisotopic (exact) mass is 215 g/mol. The summed E-state index contributed by atoms with van der Waals surface area (Å²) in [5.74, 6) is 0. The van der Waals surface area contributed by atoms with Crippen molar-refractivity contribution < 1.29 is 22.6 Å². The first-order valence-corrected chi connectivity index (χ1v) is 5.27. The van der Waals surface area contributed by atoms with Gasteiger partial charge in [0, 0.05) is 6.54 Å². The van der Waals surface area contributed by atoms with Crippen molar-refractivity contribution >= 4 is 10.4 Å². The maximum atomic E-state index is 8.74. The lowest BCUT2D eigenvalue weighted by Gasteiger charge is -2.15. The molecule has 3 N–H and O–H groups in total. The zero-order valence-corrected chi connectivity index (χ0v) is 8.66. The lowest BCUT2D eigenvalue weighted by atomic mass is 10.5. The van der Waals surface area contributed by atoms with Crippen molar-refractivity contribution in [2.24, 2.45) is 0 Å². The molecular weight excluding hydrogens is 198 g/mol. The minimum Gasteiger partial charge on any atom is -0.395 e.